The molecule has 16 heavy (non-hydrogen) atoms. The highest BCUT2D eigenvalue weighted by Gasteiger charge is 2.02. The second-order valence-electron chi connectivity index (χ2n) is 3.32. The van der Waals surface area contributed by atoms with Crippen molar-refractivity contribution in [3.05, 3.63) is 42.5 Å². The van der Waals surface area contributed by atoms with Crippen molar-refractivity contribution in [2.24, 2.45) is 5.73 Å². The lowest BCUT2D eigenvalue weighted by molar-refractivity contribution is -0.116. The Morgan fingerprint density at radius 3 is 2.44 bits per heavy atom. The molecule has 84 valence electrons. The minimum absolute atomic E-state index is 0.0771. The van der Waals surface area contributed by atoms with E-state index >= 15 is 0 Å². The Bertz CT molecular complexity index is 396. The molecule has 0 aliphatic heterocycles. The van der Waals surface area contributed by atoms with Crippen LogP contribution >= 0.6 is 0 Å². The summed E-state index contributed by atoms with van der Waals surface area (Å²) in [6.07, 6.45) is 2.74. The number of nitrogens with one attached hydrogen (secondary N) is 1. The average Bonchev–Trinajstić information content (AvgIpc) is 2.27. The molecule has 4 nitrogen and oxygen atoms in total. The van der Waals surface area contributed by atoms with E-state index in [4.69, 9.17) is 5.73 Å². The lowest BCUT2D eigenvalue weighted by Gasteiger charge is -2.04. The molecule has 2 amide bonds. The first-order valence-electron chi connectivity index (χ1n) is 4.94. The minimum atomic E-state index is -0.482. The Hall–Kier alpha value is -2.10. The van der Waals surface area contributed by atoms with Crippen molar-refractivity contribution < 1.29 is 9.59 Å². The van der Waals surface area contributed by atoms with Gasteiger partial charge in [0.25, 0.3) is 0 Å². The lowest BCUT2D eigenvalue weighted by atomic mass is 10.2. The number of benzene rings is 1. The third-order valence-corrected chi connectivity index (χ3v) is 2.03. The van der Waals surface area contributed by atoms with Crippen molar-refractivity contribution in [1.29, 1.82) is 0 Å². The van der Waals surface area contributed by atoms with Gasteiger partial charge >= 0.3 is 0 Å². The number of anilines is 1. The molecule has 0 unspecified atom stereocenters. The van der Waals surface area contributed by atoms with Gasteiger partial charge in [-0.15, -0.1) is 6.58 Å². The molecule has 0 atom stereocenters. The van der Waals surface area contributed by atoms with E-state index in [9.17, 15) is 9.59 Å². The number of carbonyl (C=O) groups is 2. The first-order valence-corrected chi connectivity index (χ1v) is 4.94. The highest BCUT2D eigenvalue weighted by molar-refractivity contribution is 5.94. The number of hydrogen-bond donors (Lipinski definition) is 2. The molecule has 0 bridgehead atoms. The Balaban J connectivity index is 2.58. The van der Waals surface area contributed by atoms with E-state index in [2.05, 4.69) is 11.9 Å². The van der Waals surface area contributed by atoms with Crippen LogP contribution in [0.3, 0.4) is 0 Å². The summed E-state index contributed by atoms with van der Waals surface area (Å²) in [4.78, 5) is 22.1. The van der Waals surface area contributed by atoms with Gasteiger partial charge in [0.05, 0.1) is 0 Å². The lowest BCUT2D eigenvalue weighted by Crippen LogP contribution is -2.12. The van der Waals surface area contributed by atoms with Crippen LogP contribution in [0.1, 0.15) is 23.2 Å². The van der Waals surface area contributed by atoms with Crippen molar-refractivity contribution >= 4 is 17.5 Å². The number of primary amides is 1. The molecule has 0 aliphatic carbocycles. The van der Waals surface area contributed by atoms with Gasteiger partial charge in [0.15, 0.2) is 0 Å². The summed E-state index contributed by atoms with van der Waals surface area (Å²) in [7, 11) is 0. The van der Waals surface area contributed by atoms with Gasteiger partial charge in [-0.3, -0.25) is 9.59 Å². The normalized spacial score (nSPS) is 9.50. The molecular formula is C12H14N2O2. The summed E-state index contributed by atoms with van der Waals surface area (Å²) in [6, 6.07) is 6.44. The summed E-state index contributed by atoms with van der Waals surface area (Å²) in [6.45, 7) is 3.54. The molecule has 1 rings (SSSR count). The van der Waals surface area contributed by atoms with Gasteiger partial charge in [0.2, 0.25) is 11.8 Å². The Labute approximate surface area is 94.1 Å². The minimum Gasteiger partial charge on any atom is -0.366 e. The smallest absolute Gasteiger partial charge is 0.248 e. The van der Waals surface area contributed by atoms with Crippen LogP contribution in [0, 0.1) is 0 Å². The van der Waals surface area contributed by atoms with Crippen molar-refractivity contribution in [3.63, 3.8) is 0 Å². The van der Waals surface area contributed by atoms with Gasteiger partial charge in [0, 0.05) is 17.7 Å². The van der Waals surface area contributed by atoms with Crippen LogP contribution in [-0.2, 0) is 4.79 Å². The highest BCUT2D eigenvalue weighted by atomic mass is 16.1. The second-order valence-corrected chi connectivity index (χ2v) is 3.32. The third-order valence-electron chi connectivity index (χ3n) is 2.03. The summed E-state index contributed by atoms with van der Waals surface area (Å²) in [5.74, 6) is -0.559. The van der Waals surface area contributed by atoms with Crippen molar-refractivity contribution in [1.82, 2.24) is 0 Å². The topological polar surface area (TPSA) is 72.2 Å². The molecular weight excluding hydrogens is 204 g/mol. The molecule has 1 aromatic carbocycles. The molecule has 0 fully saturated rings. The fourth-order valence-electron chi connectivity index (χ4n) is 1.17. The van der Waals surface area contributed by atoms with E-state index in [1.165, 1.54) is 0 Å². The molecule has 0 saturated heterocycles. The summed E-state index contributed by atoms with van der Waals surface area (Å²) >= 11 is 0. The van der Waals surface area contributed by atoms with E-state index in [0.717, 1.165) is 0 Å². The van der Waals surface area contributed by atoms with Crippen molar-refractivity contribution in [2.75, 3.05) is 5.32 Å². The first kappa shape index (κ1) is 12.0. The fourth-order valence-corrected chi connectivity index (χ4v) is 1.17. The maximum absolute atomic E-state index is 11.3. The molecule has 1 aromatic rings. The maximum atomic E-state index is 11.3. The van der Waals surface area contributed by atoms with E-state index in [1.54, 1.807) is 30.3 Å². The monoisotopic (exact) mass is 218 g/mol. The molecule has 4 heteroatoms. The molecule has 0 aromatic heterocycles. The van der Waals surface area contributed by atoms with E-state index in [0.29, 0.717) is 24.1 Å². The van der Waals surface area contributed by atoms with Crippen LogP contribution in [-0.4, -0.2) is 11.8 Å². The fraction of sp³-hybridized carbons (Fsp3) is 0.167. The van der Waals surface area contributed by atoms with Gasteiger partial charge in [-0.2, -0.15) is 0 Å². The standard InChI is InChI=1S/C12H14N2O2/c1-2-3-4-11(15)14-10-7-5-9(6-8-10)12(13)16/h2,5-8H,1,3-4H2,(H2,13,16)(H,14,15). The highest BCUT2D eigenvalue weighted by Crippen LogP contribution is 2.09. The second kappa shape index (κ2) is 5.70. The first-order chi connectivity index (χ1) is 7.63. The number of allylic oxidation sites excluding steroid dienone is 1. The molecule has 3 N–H and O–H groups in total. The molecule has 0 saturated carbocycles. The Morgan fingerprint density at radius 2 is 1.94 bits per heavy atom. The zero-order chi connectivity index (χ0) is 12.0. The number of amides is 2. The third kappa shape index (κ3) is 3.57. The van der Waals surface area contributed by atoms with E-state index in [1.807, 2.05) is 0 Å². The quantitative estimate of drug-likeness (QED) is 0.738. The molecule has 0 spiro atoms. The van der Waals surface area contributed by atoms with Gasteiger partial charge in [-0.05, 0) is 30.7 Å². The van der Waals surface area contributed by atoms with Crippen LogP contribution in [0.25, 0.3) is 0 Å². The van der Waals surface area contributed by atoms with Crippen LogP contribution < -0.4 is 11.1 Å². The van der Waals surface area contributed by atoms with Crippen molar-refractivity contribution in [2.45, 2.75) is 12.8 Å². The van der Waals surface area contributed by atoms with Crippen LogP contribution in [0.2, 0.25) is 0 Å². The molecule has 0 heterocycles. The van der Waals surface area contributed by atoms with E-state index < -0.39 is 5.91 Å². The summed E-state index contributed by atoms with van der Waals surface area (Å²) < 4.78 is 0. The number of carbonyl (C=O) groups excluding carboxylic acids is 2. The van der Waals surface area contributed by atoms with Gasteiger partial charge < -0.3 is 11.1 Å². The Morgan fingerprint density at radius 1 is 1.31 bits per heavy atom. The van der Waals surface area contributed by atoms with Gasteiger partial charge in [-0.1, -0.05) is 6.08 Å². The predicted octanol–water partition coefficient (Wildman–Crippen LogP) is 1.69. The van der Waals surface area contributed by atoms with Gasteiger partial charge in [-0.25, -0.2) is 0 Å². The van der Waals surface area contributed by atoms with E-state index in [-0.39, 0.29) is 5.91 Å². The van der Waals surface area contributed by atoms with Gasteiger partial charge in [0.1, 0.15) is 0 Å². The zero-order valence-corrected chi connectivity index (χ0v) is 8.90. The number of rotatable bonds is 5. The molecule has 0 radical (unpaired) electrons. The Kier molecular flexibility index (Phi) is 4.27. The number of nitrogens with two attached hydrogens (primary N) is 1. The zero-order valence-electron chi connectivity index (χ0n) is 8.90. The van der Waals surface area contributed by atoms with Crippen LogP contribution in [0.4, 0.5) is 5.69 Å². The van der Waals surface area contributed by atoms with Crippen molar-refractivity contribution in [3.8, 4) is 0 Å². The summed E-state index contributed by atoms with van der Waals surface area (Å²) in [5, 5.41) is 2.70. The summed E-state index contributed by atoms with van der Waals surface area (Å²) in [5.41, 5.74) is 6.17. The largest absolute Gasteiger partial charge is 0.366 e. The van der Waals surface area contributed by atoms with Crippen LogP contribution in [0.5, 0.6) is 0 Å². The molecule has 0 aliphatic rings. The predicted molar refractivity (Wildman–Crippen MR) is 63.0 cm³/mol. The average molecular weight is 218 g/mol. The number of hydrogen-bond acceptors (Lipinski definition) is 2. The SMILES string of the molecule is C=CCCC(=O)Nc1ccc(C(N)=O)cc1. The van der Waals surface area contributed by atoms with Crippen LogP contribution in [0.15, 0.2) is 36.9 Å². The maximum Gasteiger partial charge on any atom is 0.248 e.